The summed E-state index contributed by atoms with van der Waals surface area (Å²) in [5.74, 6) is -0.145. The van der Waals surface area contributed by atoms with Gasteiger partial charge in [-0.15, -0.1) is 0 Å². The third-order valence-corrected chi connectivity index (χ3v) is 6.79. The monoisotopic (exact) mass is 441 g/mol. The summed E-state index contributed by atoms with van der Waals surface area (Å²) in [5.41, 5.74) is 0.231. The number of hydrogen-bond donors (Lipinski definition) is 0. The maximum atomic E-state index is 12.8. The van der Waals surface area contributed by atoms with Crippen molar-refractivity contribution in [2.45, 2.75) is 58.7 Å². The summed E-state index contributed by atoms with van der Waals surface area (Å²) in [4.78, 5) is 26.8. The summed E-state index contributed by atoms with van der Waals surface area (Å²) >= 11 is 0. The summed E-state index contributed by atoms with van der Waals surface area (Å²) in [6.45, 7) is 7.10. The van der Waals surface area contributed by atoms with Crippen molar-refractivity contribution >= 4 is 21.7 Å². The largest absolute Gasteiger partial charge is 0.493 e. The van der Waals surface area contributed by atoms with E-state index in [1.54, 1.807) is 17.0 Å². The minimum Gasteiger partial charge on any atom is -0.493 e. The molecule has 168 valence electrons. The summed E-state index contributed by atoms with van der Waals surface area (Å²) < 4.78 is 39.8. The number of carbonyl (C=O) groups excluding carboxylic acids is 2. The van der Waals surface area contributed by atoms with Crippen LogP contribution in [-0.4, -0.2) is 68.6 Å². The van der Waals surface area contributed by atoms with E-state index in [9.17, 15) is 18.0 Å². The van der Waals surface area contributed by atoms with Gasteiger partial charge in [0.05, 0.1) is 30.3 Å². The normalized spacial score (nSPS) is 18.7. The summed E-state index contributed by atoms with van der Waals surface area (Å²) in [7, 11) is -1.66. The highest BCUT2D eigenvalue weighted by molar-refractivity contribution is 7.91. The van der Waals surface area contributed by atoms with Gasteiger partial charge in [-0.05, 0) is 51.8 Å². The molecule has 1 amide bonds. The van der Waals surface area contributed by atoms with Crippen molar-refractivity contribution in [3.8, 4) is 11.5 Å². The predicted molar refractivity (Wildman–Crippen MR) is 113 cm³/mol. The molecule has 0 bridgehead atoms. The summed E-state index contributed by atoms with van der Waals surface area (Å²) in [5, 5.41) is 0. The Hall–Kier alpha value is -2.29. The van der Waals surface area contributed by atoms with Crippen molar-refractivity contribution in [3.05, 3.63) is 23.8 Å². The van der Waals surface area contributed by atoms with Crippen LogP contribution in [0.4, 0.5) is 0 Å². The summed E-state index contributed by atoms with van der Waals surface area (Å²) in [6, 6.07) is 4.13. The molecule has 1 fully saturated rings. The van der Waals surface area contributed by atoms with Crippen molar-refractivity contribution in [1.82, 2.24) is 4.90 Å². The van der Waals surface area contributed by atoms with Gasteiger partial charge in [-0.1, -0.05) is 6.92 Å². The molecular formula is C21H31NO7S. The molecule has 0 radical (unpaired) electrons. The van der Waals surface area contributed by atoms with E-state index in [-0.39, 0.29) is 35.3 Å². The first-order valence-corrected chi connectivity index (χ1v) is 11.9. The van der Waals surface area contributed by atoms with E-state index in [1.165, 1.54) is 13.2 Å². The molecule has 0 spiro atoms. The van der Waals surface area contributed by atoms with Crippen LogP contribution < -0.4 is 9.47 Å². The summed E-state index contributed by atoms with van der Waals surface area (Å²) in [6.07, 6.45) is 1.02. The molecule has 2 atom stereocenters. The Morgan fingerprint density at radius 3 is 2.43 bits per heavy atom. The smallest absolute Gasteiger partial charge is 0.338 e. The molecule has 0 aromatic heterocycles. The van der Waals surface area contributed by atoms with Crippen molar-refractivity contribution in [2.24, 2.45) is 0 Å². The van der Waals surface area contributed by atoms with E-state index < -0.39 is 28.3 Å². The molecule has 0 aliphatic carbocycles. The van der Waals surface area contributed by atoms with E-state index in [1.807, 2.05) is 27.7 Å². The van der Waals surface area contributed by atoms with Gasteiger partial charge in [-0.2, -0.15) is 0 Å². The van der Waals surface area contributed by atoms with Crippen molar-refractivity contribution in [3.63, 3.8) is 0 Å². The fourth-order valence-corrected chi connectivity index (χ4v) is 5.14. The molecule has 30 heavy (non-hydrogen) atoms. The van der Waals surface area contributed by atoms with Gasteiger partial charge >= 0.3 is 5.97 Å². The van der Waals surface area contributed by atoms with Gasteiger partial charge in [0, 0.05) is 12.1 Å². The van der Waals surface area contributed by atoms with Gasteiger partial charge in [0.2, 0.25) is 0 Å². The molecule has 1 heterocycles. The molecule has 1 saturated heterocycles. The highest BCUT2D eigenvalue weighted by Gasteiger charge is 2.36. The molecule has 1 aliphatic rings. The zero-order chi connectivity index (χ0) is 22.5. The number of esters is 1. The number of ether oxygens (including phenoxy) is 3. The van der Waals surface area contributed by atoms with Gasteiger partial charge in [0.15, 0.2) is 27.9 Å². The molecule has 8 nitrogen and oxygen atoms in total. The van der Waals surface area contributed by atoms with Crippen molar-refractivity contribution in [2.75, 3.05) is 25.2 Å². The molecule has 1 aromatic carbocycles. The van der Waals surface area contributed by atoms with E-state index in [2.05, 4.69) is 0 Å². The van der Waals surface area contributed by atoms with Crippen molar-refractivity contribution < 1.29 is 32.2 Å². The number of methoxy groups -OCH3 is 1. The SMILES string of the molecule is CCC(C)N(C(=O)COC(=O)c1ccc(OC(C)C)c(OC)c1)C1CCS(=O)(=O)C1. The van der Waals surface area contributed by atoms with E-state index in [0.29, 0.717) is 24.3 Å². The first kappa shape index (κ1) is 24.0. The second kappa shape index (κ2) is 10.1. The van der Waals surface area contributed by atoms with Gasteiger partial charge in [0.25, 0.3) is 5.91 Å². The molecule has 2 unspecified atom stereocenters. The maximum absolute atomic E-state index is 12.8. The van der Waals surface area contributed by atoms with Crippen LogP contribution >= 0.6 is 0 Å². The second-order valence-electron chi connectivity index (χ2n) is 7.72. The van der Waals surface area contributed by atoms with Crippen LogP contribution in [0.15, 0.2) is 18.2 Å². The number of sulfone groups is 1. The minimum absolute atomic E-state index is 0.0501. The highest BCUT2D eigenvalue weighted by Crippen LogP contribution is 2.29. The van der Waals surface area contributed by atoms with E-state index in [4.69, 9.17) is 14.2 Å². The molecule has 0 N–H and O–H groups in total. The third-order valence-electron chi connectivity index (χ3n) is 5.04. The number of carbonyl (C=O) groups is 2. The second-order valence-corrected chi connectivity index (χ2v) is 9.95. The number of amides is 1. The van der Waals surface area contributed by atoms with E-state index >= 15 is 0 Å². The molecule has 9 heteroatoms. The zero-order valence-corrected chi connectivity index (χ0v) is 19.0. The highest BCUT2D eigenvalue weighted by atomic mass is 32.2. The average molecular weight is 442 g/mol. The fourth-order valence-electron chi connectivity index (χ4n) is 3.43. The Balaban J connectivity index is 2.07. The molecule has 0 saturated carbocycles. The lowest BCUT2D eigenvalue weighted by molar-refractivity contribution is -0.138. The third kappa shape index (κ3) is 6.10. The maximum Gasteiger partial charge on any atom is 0.338 e. The van der Waals surface area contributed by atoms with Gasteiger partial charge in [0.1, 0.15) is 0 Å². The number of rotatable bonds is 9. The molecular weight excluding hydrogens is 410 g/mol. The standard InChI is InChI=1S/C21H31NO7S/c1-6-15(4)22(17-9-10-30(25,26)13-17)20(23)12-28-21(24)16-7-8-18(29-14(2)3)19(11-16)27-5/h7-8,11,14-15,17H,6,9-10,12-13H2,1-5H3. The quantitative estimate of drug-likeness (QED) is 0.543. The average Bonchev–Trinajstić information content (AvgIpc) is 3.05. The van der Waals surface area contributed by atoms with Crippen LogP contribution in [0.1, 0.15) is 50.9 Å². The van der Waals surface area contributed by atoms with Crippen LogP contribution in [0.3, 0.4) is 0 Å². The first-order chi connectivity index (χ1) is 14.1. The lowest BCUT2D eigenvalue weighted by Gasteiger charge is -2.33. The minimum atomic E-state index is -3.14. The first-order valence-electron chi connectivity index (χ1n) is 10.1. The Morgan fingerprint density at radius 2 is 1.90 bits per heavy atom. The molecule has 1 aliphatic heterocycles. The molecule has 1 aromatic rings. The lowest BCUT2D eigenvalue weighted by Crippen LogP contribution is -2.48. The predicted octanol–water partition coefficient (Wildman–Crippen LogP) is 2.45. The van der Waals surface area contributed by atoms with Crippen LogP contribution in [-0.2, 0) is 19.4 Å². The van der Waals surface area contributed by atoms with E-state index in [0.717, 1.165) is 0 Å². The Labute approximate surface area is 178 Å². The fraction of sp³-hybridized carbons (Fsp3) is 0.619. The van der Waals surface area contributed by atoms with Gasteiger partial charge in [-0.3, -0.25) is 4.79 Å². The number of benzene rings is 1. The Morgan fingerprint density at radius 1 is 1.20 bits per heavy atom. The van der Waals surface area contributed by atoms with Crippen molar-refractivity contribution in [1.29, 1.82) is 0 Å². The van der Waals surface area contributed by atoms with Crippen LogP contribution in [0, 0.1) is 0 Å². The van der Waals surface area contributed by atoms with Gasteiger partial charge in [-0.25, -0.2) is 13.2 Å². The van der Waals surface area contributed by atoms with Crippen LogP contribution in [0.2, 0.25) is 0 Å². The number of hydrogen-bond acceptors (Lipinski definition) is 7. The molecule has 2 rings (SSSR count). The topological polar surface area (TPSA) is 99.2 Å². The zero-order valence-electron chi connectivity index (χ0n) is 18.2. The Kier molecular flexibility index (Phi) is 8.11. The van der Waals surface area contributed by atoms with Crippen LogP contribution in [0.5, 0.6) is 11.5 Å². The lowest BCUT2D eigenvalue weighted by atomic mass is 10.1. The van der Waals surface area contributed by atoms with Gasteiger partial charge < -0.3 is 19.1 Å². The van der Waals surface area contributed by atoms with Crippen LogP contribution in [0.25, 0.3) is 0 Å². The Bertz CT molecular complexity index is 866. The number of nitrogens with zero attached hydrogens (tertiary/aromatic N) is 1.